The van der Waals surface area contributed by atoms with Gasteiger partial charge in [-0.2, -0.15) is 5.10 Å². The van der Waals surface area contributed by atoms with Gasteiger partial charge in [0.2, 0.25) is 10.0 Å². The van der Waals surface area contributed by atoms with Crippen molar-refractivity contribution in [1.82, 2.24) is 15.5 Å². The van der Waals surface area contributed by atoms with Gasteiger partial charge in [0.15, 0.2) is 0 Å². The number of H-pyrrole nitrogens is 1. The van der Waals surface area contributed by atoms with Crippen LogP contribution in [0.3, 0.4) is 0 Å². The Morgan fingerprint density at radius 2 is 2.21 bits per heavy atom. The van der Waals surface area contributed by atoms with E-state index in [0.29, 0.717) is 11.1 Å². The molecule has 0 aliphatic heterocycles. The van der Waals surface area contributed by atoms with Crippen molar-refractivity contribution in [1.29, 1.82) is 0 Å². The Kier molecular flexibility index (Phi) is 3.63. The number of benzene rings is 1. The molecule has 2 aromatic rings. The van der Waals surface area contributed by atoms with E-state index in [1.54, 1.807) is 12.1 Å². The molecule has 1 aromatic heterocycles. The zero-order chi connectivity index (χ0) is 13.9. The molecule has 0 saturated carbocycles. The fraction of sp³-hybridized carbons (Fsp3) is 0.0909. The predicted molar refractivity (Wildman–Crippen MR) is 67.6 cm³/mol. The molecule has 0 radical (unpaired) electrons. The standard InChI is InChI=1S/C11H12N4O3S/c12-19(17,18)10-3-1-2-8(4-10)5-13-11(16)9-6-14-15-7-9/h1-4,6-7H,5H2,(H,13,16)(H,14,15)(H2,12,17,18). The second-order valence-corrected chi connectivity index (χ2v) is 5.42. The third kappa shape index (κ3) is 3.39. The molecule has 8 heteroatoms. The van der Waals surface area contributed by atoms with Gasteiger partial charge in [-0.3, -0.25) is 9.89 Å². The number of rotatable bonds is 4. The van der Waals surface area contributed by atoms with Crippen molar-refractivity contribution in [2.75, 3.05) is 0 Å². The van der Waals surface area contributed by atoms with Crippen molar-refractivity contribution in [3.05, 3.63) is 47.8 Å². The van der Waals surface area contributed by atoms with Crippen LogP contribution < -0.4 is 10.5 Å². The van der Waals surface area contributed by atoms with Gasteiger partial charge < -0.3 is 5.32 Å². The predicted octanol–water partition coefficient (Wildman–Crippen LogP) is -0.0129. The number of carbonyl (C=O) groups excluding carboxylic acids is 1. The molecule has 0 saturated heterocycles. The van der Waals surface area contributed by atoms with Crippen molar-refractivity contribution < 1.29 is 13.2 Å². The molecule has 100 valence electrons. The van der Waals surface area contributed by atoms with Crippen molar-refractivity contribution in [3.8, 4) is 0 Å². The average molecular weight is 280 g/mol. The first-order chi connectivity index (χ1) is 8.97. The van der Waals surface area contributed by atoms with Crippen molar-refractivity contribution in [3.63, 3.8) is 0 Å². The fourth-order valence-corrected chi connectivity index (χ4v) is 2.08. The molecule has 1 aromatic carbocycles. The molecule has 4 N–H and O–H groups in total. The molecule has 0 atom stereocenters. The van der Waals surface area contributed by atoms with Crippen LogP contribution in [0.4, 0.5) is 0 Å². The van der Waals surface area contributed by atoms with Crippen molar-refractivity contribution in [2.45, 2.75) is 11.4 Å². The van der Waals surface area contributed by atoms with Crippen LogP contribution in [0.2, 0.25) is 0 Å². The minimum Gasteiger partial charge on any atom is -0.348 e. The number of carbonyl (C=O) groups is 1. The van der Waals surface area contributed by atoms with Gasteiger partial charge in [-0.05, 0) is 17.7 Å². The summed E-state index contributed by atoms with van der Waals surface area (Å²) in [4.78, 5) is 11.7. The summed E-state index contributed by atoms with van der Waals surface area (Å²) in [6.07, 6.45) is 2.87. The monoisotopic (exact) mass is 280 g/mol. The van der Waals surface area contributed by atoms with Gasteiger partial charge in [-0.15, -0.1) is 0 Å². The first kappa shape index (κ1) is 13.2. The number of aromatic amines is 1. The average Bonchev–Trinajstić information content (AvgIpc) is 2.89. The maximum atomic E-state index is 11.6. The summed E-state index contributed by atoms with van der Waals surface area (Å²) in [5, 5.41) is 13.9. The molecule has 0 aliphatic rings. The van der Waals surface area contributed by atoms with E-state index in [2.05, 4.69) is 15.5 Å². The highest BCUT2D eigenvalue weighted by Gasteiger charge is 2.09. The molecule has 2 rings (SSSR count). The SMILES string of the molecule is NS(=O)(=O)c1cccc(CNC(=O)c2cn[nH]c2)c1. The molecule has 0 bridgehead atoms. The summed E-state index contributed by atoms with van der Waals surface area (Å²) in [7, 11) is -3.73. The smallest absolute Gasteiger partial charge is 0.254 e. The van der Waals surface area contributed by atoms with Gasteiger partial charge in [0.05, 0.1) is 16.7 Å². The summed E-state index contributed by atoms with van der Waals surface area (Å²) in [5.41, 5.74) is 1.05. The lowest BCUT2D eigenvalue weighted by atomic mass is 10.2. The van der Waals surface area contributed by atoms with Crippen LogP contribution in [0.5, 0.6) is 0 Å². The maximum Gasteiger partial charge on any atom is 0.254 e. The van der Waals surface area contributed by atoms with Crippen LogP contribution in [0.25, 0.3) is 0 Å². The number of aromatic nitrogens is 2. The number of hydrogen-bond acceptors (Lipinski definition) is 4. The number of sulfonamides is 1. The molecular weight excluding hydrogens is 268 g/mol. The van der Waals surface area contributed by atoms with E-state index in [0.717, 1.165) is 0 Å². The lowest BCUT2D eigenvalue weighted by molar-refractivity contribution is 0.0951. The summed E-state index contributed by atoms with van der Waals surface area (Å²) in [5.74, 6) is -0.297. The van der Waals surface area contributed by atoms with Crippen LogP contribution in [0.15, 0.2) is 41.6 Å². The van der Waals surface area contributed by atoms with Gasteiger partial charge in [-0.25, -0.2) is 13.6 Å². The second-order valence-electron chi connectivity index (χ2n) is 3.86. The summed E-state index contributed by atoms with van der Waals surface area (Å²) >= 11 is 0. The maximum absolute atomic E-state index is 11.6. The normalized spacial score (nSPS) is 11.2. The van der Waals surface area contributed by atoms with E-state index in [-0.39, 0.29) is 17.3 Å². The molecule has 1 amide bonds. The summed E-state index contributed by atoms with van der Waals surface area (Å²) < 4.78 is 22.4. The molecule has 0 aliphatic carbocycles. The number of amides is 1. The third-order valence-electron chi connectivity index (χ3n) is 2.44. The highest BCUT2D eigenvalue weighted by atomic mass is 32.2. The van der Waals surface area contributed by atoms with E-state index in [1.807, 2.05) is 0 Å². The molecule has 19 heavy (non-hydrogen) atoms. The Hall–Kier alpha value is -2.19. The Morgan fingerprint density at radius 1 is 1.42 bits per heavy atom. The zero-order valence-electron chi connectivity index (χ0n) is 9.83. The van der Waals surface area contributed by atoms with Crippen LogP contribution in [-0.4, -0.2) is 24.5 Å². The minimum atomic E-state index is -3.73. The lowest BCUT2D eigenvalue weighted by Gasteiger charge is -2.05. The van der Waals surface area contributed by atoms with Gasteiger partial charge in [0, 0.05) is 12.7 Å². The molecule has 0 fully saturated rings. The highest BCUT2D eigenvalue weighted by molar-refractivity contribution is 7.89. The second kappa shape index (κ2) is 5.21. The molecular formula is C11H12N4O3S. The lowest BCUT2D eigenvalue weighted by Crippen LogP contribution is -2.22. The van der Waals surface area contributed by atoms with Crippen LogP contribution >= 0.6 is 0 Å². The molecule has 0 spiro atoms. The van der Waals surface area contributed by atoms with E-state index in [9.17, 15) is 13.2 Å². The van der Waals surface area contributed by atoms with E-state index >= 15 is 0 Å². The number of nitrogens with one attached hydrogen (secondary N) is 2. The fourth-order valence-electron chi connectivity index (χ4n) is 1.49. The van der Waals surface area contributed by atoms with Crippen LogP contribution in [0.1, 0.15) is 15.9 Å². The first-order valence-corrected chi connectivity index (χ1v) is 6.90. The Balaban J connectivity index is 2.06. The Labute approximate surface area is 109 Å². The van der Waals surface area contributed by atoms with Crippen molar-refractivity contribution >= 4 is 15.9 Å². The van der Waals surface area contributed by atoms with E-state index < -0.39 is 10.0 Å². The number of hydrogen-bond donors (Lipinski definition) is 3. The largest absolute Gasteiger partial charge is 0.348 e. The van der Waals surface area contributed by atoms with Gasteiger partial charge in [-0.1, -0.05) is 12.1 Å². The number of nitrogens with two attached hydrogens (primary N) is 1. The zero-order valence-corrected chi connectivity index (χ0v) is 10.6. The Morgan fingerprint density at radius 3 is 2.84 bits per heavy atom. The highest BCUT2D eigenvalue weighted by Crippen LogP contribution is 2.09. The quantitative estimate of drug-likeness (QED) is 0.729. The summed E-state index contributed by atoms with van der Waals surface area (Å²) in [6.45, 7) is 0.202. The first-order valence-electron chi connectivity index (χ1n) is 5.35. The van der Waals surface area contributed by atoms with Crippen molar-refractivity contribution in [2.24, 2.45) is 5.14 Å². The van der Waals surface area contributed by atoms with Crippen LogP contribution in [0, 0.1) is 0 Å². The third-order valence-corrected chi connectivity index (χ3v) is 3.35. The van der Waals surface area contributed by atoms with Crippen LogP contribution in [-0.2, 0) is 16.6 Å². The Bertz CT molecular complexity index is 680. The molecule has 1 heterocycles. The minimum absolute atomic E-state index is 0.0163. The number of primary sulfonamides is 1. The molecule has 0 unspecified atom stereocenters. The van der Waals surface area contributed by atoms with Gasteiger partial charge >= 0.3 is 0 Å². The molecule has 7 nitrogen and oxygen atoms in total. The van der Waals surface area contributed by atoms with E-state index in [1.165, 1.54) is 24.5 Å². The summed E-state index contributed by atoms with van der Waals surface area (Å²) in [6, 6.07) is 6.09. The van der Waals surface area contributed by atoms with E-state index in [4.69, 9.17) is 5.14 Å². The van der Waals surface area contributed by atoms with Gasteiger partial charge in [0.25, 0.3) is 5.91 Å². The van der Waals surface area contributed by atoms with Gasteiger partial charge in [0.1, 0.15) is 0 Å². The number of nitrogens with zero attached hydrogens (tertiary/aromatic N) is 1. The topological polar surface area (TPSA) is 118 Å².